The van der Waals surface area contributed by atoms with Crippen molar-refractivity contribution < 1.29 is 9.36 Å². The number of hydrogen-bond acceptors (Lipinski definition) is 2. The number of H-pyrrole nitrogens is 1. The van der Waals surface area contributed by atoms with Gasteiger partial charge in [-0.05, 0) is 12.1 Å². The molecule has 0 saturated heterocycles. The first-order valence-electron chi connectivity index (χ1n) is 5.34. The summed E-state index contributed by atoms with van der Waals surface area (Å²) >= 11 is 0. The van der Waals surface area contributed by atoms with Crippen LogP contribution < -0.4 is 10.1 Å². The second-order valence-corrected chi connectivity index (χ2v) is 3.81. The quantitative estimate of drug-likeness (QED) is 0.626. The van der Waals surface area contributed by atoms with Gasteiger partial charge in [-0.25, -0.2) is 0 Å². The molecule has 2 heterocycles. The summed E-state index contributed by atoms with van der Waals surface area (Å²) in [6, 6.07) is 8.88. The molecule has 0 fully saturated rings. The standard InChI is InChI=1S/C13H12N2O2/c1-10-5-2-3-8-15(10)9-12(16)11-6-4-7-14-13(11)17/h2-8H,9H2,1H3/p+1. The molecule has 0 aliphatic heterocycles. The van der Waals surface area contributed by atoms with Crippen LogP contribution in [0.25, 0.3) is 0 Å². The van der Waals surface area contributed by atoms with E-state index in [4.69, 9.17) is 0 Å². The van der Waals surface area contributed by atoms with Gasteiger partial charge in [-0.3, -0.25) is 9.59 Å². The maximum atomic E-state index is 11.9. The highest BCUT2D eigenvalue weighted by Gasteiger charge is 2.16. The lowest BCUT2D eigenvalue weighted by molar-refractivity contribution is -0.689. The van der Waals surface area contributed by atoms with E-state index in [1.807, 2.05) is 35.9 Å². The van der Waals surface area contributed by atoms with Crippen LogP contribution in [0.5, 0.6) is 0 Å². The predicted octanol–water partition coefficient (Wildman–Crippen LogP) is 0.854. The third kappa shape index (κ3) is 2.47. The molecular weight excluding hydrogens is 216 g/mol. The molecule has 0 saturated carbocycles. The minimum absolute atomic E-state index is 0.180. The average molecular weight is 229 g/mol. The number of nitrogens with zero attached hydrogens (tertiary/aromatic N) is 1. The van der Waals surface area contributed by atoms with Crippen LogP contribution in [0.4, 0.5) is 0 Å². The van der Waals surface area contributed by atoms with E-state index in [1.165, 1.54) is 6.20 Å². The van der Waals surface area contributed by atoms with Gasteiger partial charge in [0.2, 0.25) is 12.3 Å². The topological polar surface area (TPSA) is 53.8 Å². The molecule has 0 unspecified atom stereocenters. The van der Waals surface area contributed by atoms with Crippen LogP contribution in [0.3, 0.4) is 0 Å². The lowest BCUT2D eigenvalue weighted by atomic mass is 10.2. The molecule has 0 atom stereocenters. The molecule has 0 aliphatic rings. The van der Waals surface area contributed by atoms with Gasteiger partial charge in [0, 0.05) is 25.3 Å². The highest BCUT2D eigenvalue weighted by molar-refractivity contribution is 5.94. The van der Waals surface area contributed by atoms with Gasteiger partial charge < -0.3 is 4.98 Å². The van der Waals surface area contributed by atoms with E-state index in [0.29, 0.717) is 0 Å². The number of carbonyl (C=O) groups excluding carboxylic acids is 1. The van der Waals surface area contributed by atoms with E-state index in [9.17, 15) is 9.59 Å². The van der Waals surface area contributed by atoms with Crippen molar-refractivity contribution in [3.8, 4) is 0 Å². The van der Waals surface area contributed by atoms with Crippen molar-refractivity contribution in [1.29, 1.82) is 0 Å². The number of Topliss-reactive ketones (excluding diaryl/α,β-unsaturated/α-hetero) is 1. The van der Waals surface area contributed by atoms with E-state index in [0.717, 1.165) is 5.69 Å². The van der Waals surface area contributed by atoms with Gasteiger partial charge in [0.15, 0.2) is 11.9 Å². The molecule has 0 amide bonds. The third-order valence-electron chi connectivity index (χ3n) is 2.60. The molecule has 0 radical (unpaired) electrons. The van der Waals surface area contributed by atoms with E-state index >= 15 is 0 Å². The van der Waals surface area contributed by atoms with E-state index < -0.39 is 0 Å². The van der Waals surface area contributed by atoms with Gasteiger partial charge >= 0.3 is 0 Å². The summed E-state index contributed by atoms with van der Waals surface area (Å²) in [7, 11) is 0. The summed E-state index contributed by atoms with van der Waals surface area (Å²) in [6.45, 7) is 2.10. The molecule has 17 heavy (non-hydrogen) atoms. The fourth-order valence-corrected chi connectivity index (χ4v) is 1.62. The number of aryl methyl sites for hydroxylation is 1. The van der Waals surface area contributed by atoms with Crippen LogP contribution in [0, 0.1) is 6.92 Å². The van der Waals surface area contributed by atoms with Crippen LogP contribution in [-0.4, -0.2) is 10.8 Å². The van der Waals surface area contributed by atoms with Crippen molar-refractivity contribution >= 4 is 5.78 Å². The van der Waals surface area contributed by atoms with Crippen molar-refractivity contribution in [2.24, 2.45) is 0 Å². The highest BCUT2D eigenvalue weighted by Crippen LogP contribution is 1.94. The Labute approximate surface area is 98.6 Å². The Bertz CT molecular complexity index is 602. The first-order valence-corrected chi connectivity index (χ1v) is 5.34. The maximum Gasteiger partial charge on any atom is 0.259 e. The lowest BCUT2D eigenvalue weighted by Gasteiger charge is -1.99. The summed E-state index contributed by atoms with van der Waals surface area (Å²) in [5, 5.41) is 0. The number of aromatic amines is 1. The van der Waals surface area contributed by atoms with Crippen molar-refractivity contribution in [3.05, 3.63) is 64.3 Å². The molecular formula is C13H13N2O2+. The highest BCUT2D eigenvalue weighted by atomic mass is 16.1. The summed E-state index contributed by atoms with van der Waals surface area (Å²) in [5.74, 6) is -0.189. The molecule has 2 aromatic heterocycles. The fraction of sp³-hybridized carbons (Fsp3) is 0.154. The van der Waals surface area contributed by atoms with Gasteiger partial charge in [0.1, 0.15) is 0 Å². The van der Waals surface area contributed by atoms with Crippen molar-refractivity contribution in [2.75, 3.05) is 0 Å². The van der Waals surface area contributed by atoms with Gasteiger partial charge in [-0.15, -0.1) is 0 Å². The summed E-state index contributed by atoms with van der Waals surface area (Å²) in [4.78, 5) is 25.9. The Morgan fingerprint density at radius 2 is 2.12 bits per heavy atom. The number of nitrogens with one attached hydrogen (secondary N) is 1. The minimum atomic E-state index is -0.341. The summed E-state index contributed by atoms with van der Waals surface area (Å²) < 4.78 is 1.81. The van der Waals surface area contributed by atoms with E-state index in [-0.39, 0.29) is 23.5 Å². The van der Waals surface area contributed by atoms with E-state index in [2.05, 4.69) is 4.98 Å². The summed E-state index contributed by atoms with van der Waals surface area (Å²) in [6.07, 6.45) is 3.34. The molecule has 4 nitrogen and oxygen atoms in total. The predicted molar refractivity (Wildman–Crippen MR) is 62.8 cm³/mol. The van der Waals surface area contributed by atoms with Crippen LogP contribution in [0.15, 0.2) is 47.5 Å². The van der Waals surface area contributed by atoms with Crippen LogP contribution in [0.1, 0.15) is 16.1 Å². The van der Waals surface area contributed by atoms with Crippen LogP contribution >= 0.6 is 0 Å². The molecule has 86 valence electrons. The number of pyridine rings is 2. The van der Waals surface area contributed by atoms with Gasteiger partial charge in [-0.2, -0.15) is 4.57 Å². The van der Waals surface area contributed by atoms with E-state index in [1.54, 1.807) is 12.1 Å². The largest absolute Gasteiger partial charge is 0.328 e. The van der Waals surface area contributed by atoms with Gasteiger partial charge in [0.25, 0.3) is 5.56 Å². The number of aromatic nitrogens is 2. The molecule has 2 aromatic rings. The third-order valence-corrected chi connectivity index (χ3v) is 2.60. The lowest BCUT2D eigenvalue weighted by Crippen LogP contribution is -2.41. The number of carbonyl (C=O) groups is 1. The molecule has 0 spiro atoms. The van der Waals surface area contributed by atoms with Gasteiger partial charge in [0.05, 0.1) is 5.56 Å². The zero-order valence-corrected chi connectivity index (χ0v) is 9.51. The monoisotopic (exact) mass is 229 g/mol. The van der Waals surface area contributed by atoms with Gasteiger partial charge in [-0.1, -0.05) is 6.07 Å². The fourth-order valence-electron chi connectivity index (χ4n) is 1.62. The Morgan fingerprint density at radius 1 is 1.29 bits per heavy atom. The van der Waals surface area contributed by atoms with Crippen molar-refractivity contribution in [3.63, 3.8) is 0 Å². The average Bonchev–Trinajstić information content (AvgIpc) is 2.32. The molecule has 2 rings (SSSR count). The SMILES string of the molecule is Cc1cccc[n+]1CC(=O)c1ccc[nH]c1=O. The first kappa shape index (κ1) is 11.3. The minimum Gasteiger partial charge on any atom is -0.328 e. The smallest absolute Gasteiger partial charge is 0.259 e. The number of rotatable bonds is 3. The van der Waals surface area contributed by atoms with Crippen molar-refractivity contribution in [2.45, 2.75) is 13.5 Å². The Morgan fingerprint density at radius 3 is 2.82 bits per heavy atom. The molecule has 0 bridgehead atoms. The Balaban J connectivity index is 2.27. The molecule has 0 aliphatic carbocycles. The second kappa shape index (κ2) is 4.74. The van der Waals surface area contributed by atoms with Crippen molar-refractivity contribution in [1.82, 2.24) is 4.98 Å². The summed E-state index contributed by atoms with van der Waals surface area (Å²) in [5.41, 5.74) is 0.836. The first-order chi connectivity index (χ1) is 8.18. The maximum absolute atomic E-state index is 11.9. The molecule has 0 aromatic carbocycles. The zero-order chi connectivity index (χ0) is 12.3. The second-order valence-electron chi connectivity index (χ2n) is 3.81. The number of hydrogen-bond donors (Lipinski definition) is 1. The Kier molecular flexibility index (Phi) is 3.14. The normalized spacial score (nSPS) is 10.2. The molecule has 4 heteroatoms. The number of ketones is 1. The van der Waals surface area contributed by atoms with Crippen LogP contribution in [0.2, 0.25) is 0 Å². The Hall–Kier alpha value is -2.23. The zero-order valence-electron chi connectivity index (χ0n) is 9.51. The molecule has 1 N–H and O–H groups in total. The van der Waals surface area contributed by atoms with Crippen LogP contribution in [-0.2, 0) is 6.54 Å².